The molecule has 1 fully saturated rings. The Bertz CT molecular complexity index is 2000. The molecule has 2 aliphatic heterocycles. The van der Waals surface area contributed by atoms with Crippen molar-refractivity contribution in [3.63, 3.8) is 0 Å². The Balaban J connectivity index is 1.28. The van der Waals surface area contributed by atoms with Crippen molar-refractivity contribution in [2.24, 2.45) is 5.41 Å². The van der Waals surface area contributed by atoms with Crippen molar-refractivity contribution in [2.45, 2.75) is 73.0 Å². The van der Waals surface area contributed by atoms with Crippen LogP contribution in [0.5, 0.6) is 0 Å². The summed E-state index contributed by atoms with van der Waals surface area (Å²) >= 11 is 0. The van der Waals surface area contributed by atoms with Gasteiger partial charge in [-0.3, -0.25) is 9.59 Å². The number of pyridine rings is 1. The predicted molar refractivity (Wildman–Crippen MR) is 184 cm³/mol. The molecule has 242 valence electrons. The minimum atomic E-state index is -0.290. The van der Waals surface area contributed by atoms with Gasteiger partial charge in [0.05, 0.1) is 18.2 Å². The molecular weight excluding hydrogens is 590 g/mol. The number of carbonyl (C=O) groups excluding carboxylic acids is 2. The van der Waals surface area contributed by atoms with E-state index in [0.717, 1.165) is 89.9 Å². The first-order valence-electron chi connectivity index (χ1n) is 16.5. The highest BCUT2D eigenvalue weighted by molar-refractivity contribution is 6.05. The van der Waals surface area contributed by atoms with E-state index in [9.17, 15) is 9.59 Å². The van der Waals surface area contributed by atoms with Crippen molar-refractivity contribution in [3.05, 3.63) is 76.9 Å². The number of furan rings is 1. The first kappa shape index (κ1) is 30.8. The van der Waals surface area contributed by atoms with Gasteiger partial charge >= 0.3 is 5.97 Å². The fourth-order valence-corrected chi connectivity index (χ4v) is 7.09. The number of aromatic nitrogens is 3. The Morgan fingerprint density at radius 3 is 2.60 bits per heavy atom. The predicted octanol–water partition coefficient (Wildman–Crippen LogP) is 7.24. The smallest absolute Gasteiger partial charge is 0.310 e. The van der Waals surface area contributed by atoms with Crippen molar-refractivity contribution in [2.75, 3.05) is 29.4 Å². The molecule has 5 aromatic rings. The Hall–Kier alpha value is -4.79. The van der Waals surface area contributed by atoms with E-state index in [-0.39, 0.29) is 23.9 Å². The van der Waals surface area contributed by atoms with Gasteiger partial charge in [0, 0.05) is 48.4 Å². The monoisotopic (exact) mass is 631 g/mol. The number of aryl methyl sites for hydroxylation is 1. The first-order chi connectivity index (χ1) is 22.6. The Morgan fingerprint density at radius 1 is 1.04 bits per heavy atom. The topological polar surface area (TPSA) is 102 Å². The summed E-state index contributed by atoms with van der Waals surface area (Å²) in [5.41, 5.74) is 9.55. The minimum absolute atomic E-state index is 0.105. The van der Waals surface area contributed by atoms with Crippen LogP contribution in [-0.2, 0) is 28.9 Å². The summed E-state index contributed by atoms with van der Waals surface area (Å²) in [6.45, 7) is 13.3. The van der Waals surface area contributed by atoms with Crippen molar-refractivity contribution >= 4 is 45.8 Å². The van der Waals surface area contributed by atoms with E-state index >= 15 is 0 Å². The standard InChI is InChI=1S/C38H41N5O4/c1-23(2)46-32(45)19-29-24(3)41-30(21-44)33(35(29)42-16-13-38(4,5)14-17-42)26-10-11-27-20-43(15-12-25(27)18-26)37-36-34(39-22-40-37)28-8-6-7-9-31(28)47-36/h6-11,18,21-23H,12-17,19-20H2,1-5H3. The van der Waals surface area contributed by atoms with Gasteiger partial charge in [-0.25, -0.2) is 15.0 Å². The number of rotatable bonds is 7. The first-order valence-corrected chi connectivity index (χ1v) is 16.5. The molecule has 0 spiro atoms. The highest BCUT2D eigenvalue weighted by Crippen LogP contribution is 2.43. The van der Waals surface area contributed by atoms with E-state index in [1.54, 1.807) is 6.33 Å². The van der Waals surface area contributed by atoms with E-state index in [2.05, 4.69) is 51.8 Å². The number of esters is 1. The van der Waals surface area contributed by atoms with Crippen LogP contribution in [0.25, 0.3) is 33.2 Å². The molecule has 0 saturated carbocycles. The molecule has 2 aliphatic rings. The second-order valence-electron chi connectivity index (χ2n) is 13.9. The van der Waals surface area contributed by atoms with Gasteiger partial charge in [-0.05, 0) is 74.3 Å². The number of aldehydes is 1. The lowest BCUT2D eigenvalue weighted by Gasteiger charge is -2.40. The lowest BCUT2D eigenvalue weighted by atomic mass is 9.81. The van der Waals surface area contributed by atoms with E-state index in [1.165, 1.54) is 11.1 Å². The van der Waals surface area contributed by atoms with Gasteiger partial charge in [0.2, 0.25) is 0 Å². The summed E-state index contributed by atoms with van der Waals surface area (Å²) in [5, 5.41) is 0.982. The summed E-state index contributed by atoms with van der Waals surface area (Å²) in [4.78, 5) is 44.2. The second kappa shape index (κ2) is 12.1. The highest BCUT2D eigenvalue weighted by Gasteiger charge is 2.32. The second-order valence-corrected chi connectivity index (χ2v) is 13.9. The number of hydrogen-bond acceptors (Lipinski definition) is 9. The molecular formula is C38H41N5O4. The molecule has 47 heavy (non-hydrogen) atoms. The molecule has 1 saturated heterocycles. The molecule has 0 bridgehead atoms. The molecule has 7 rings (SSSR count). The van der Waals surface area contributed by atoms with Crippen LogP contribution in [0, 0.1) is 12.3 Å². The molecule has 9 nitrogen and oxygen atoms in total. The van der Waals surface area contributed by atoms with Crippen molar-refractivity contribution in [3.8, 4) is 11.1 Å². The SMILES string of the molecule is Cc1nc(C=O)c(-c2ccc3c(c2)CCN(c2ncnc4c2oc2ccccc24)C3)c(N2CCC(C)(C)CC2)c1CC(=O)OC(C)C. The van der Waals surface area contributed by atoms with Crippen LogP contribution in [-0.4, -0.2) is 52.9 Å². The number of ether oxygens (including phenoxy) is 1. The Labute approximate surface area is 275 Å². The van der Waals surface area contributed by atoms with Crippen LogP contribution >= 0.6 is 0 Å². The van der Waals surface area contributed by atoms with E-state index in [1.807, 2.05) is 45.0 Å². The maximum absolute atomic E-state index is 13.0. The molecule has 2 aromatic carbocycles. The summed E-state index contributed by atoms with van der Waals surface area (Å²) < 4.78 is 11.8. The van der Waals surface area contributed by atoms with Crippen molar-refractivity contribution in [1.29, 1.82) is 0 Å². The number of piperidine rings is 1. The van der Waals surface area contributed by atoms with Gasteiger partial charge in [0.25, 0.3) is 0 Å². The fraction of sp³-hybridized carbons (Fsp3) is 0.395. The van der Waals surface area contributed by atoms with Crippen LogP contribution < -0.4 is 9.80 Å². The van der Waals surface area contributed by atoms with Gasteiger partial charge in [-0.2, -0.15) is 0 Å². The average molecular weight is 632 g/mol. The van der Waals surface area contributed by atoms with Crippen molar-refractivity contribution in [1.82, 2.24) is 15.0 Å². The number of para-hydroxylation sites is 1. The maximum atomic E-state index is 13.0. The lowest BCUT2D eigenvalue weighted by Crippen LogP contribution is -2.38. The molecule has 0 amide bonds. The van der Waals surface area contributed by atoms with Crippen LogP contribution in [0.4, 0.5) is 11.5 Å². The van der Waals surface area contributed by atoms with Crippen LogP contribution in [0.1, 0.15) is 73.4 Å². The quantitative estimate of drug-likeness (QED) is 0.136. The minimum Gasteiger partial charge on any atom is -0.463 e. The molecule has 5 heterocycles. The molecule has 0 radical (unpaired) electrons. The number of benzene rings is 2. The van der Waals surface area contributed by atoms with Gasteiger partial charge in [0.15, 0.2) is 17.7 Å². The molecule has 0 N–H and O–H groups in total. The highest BCUT2D eigenvalue weighted by atomic mass is 16.5. The zero-order valence-corrected chi connectivity index (χ0v) is 27.8. The number of nitrogens with zero attached hydrogens (tertiary/aromatic N) is 5. The molecule has 9 heteroatoms. The third kappa shape index (κ3) is 5.83. The van der Waals surface area contributed by atoms with Gasteiger partial charge in [-0.1, -0.05) is 44.2 Å². The Morgan fingerprint density at radius 2 is 1.83 bits per heavy atom. The van der Waals surface area contributed by atoms with Crippen LogP contribution in [0.3, 0.4) is 0 Å². The van der Waals surface area contributed by atoms with E-state index in [0.29, 0.717) is 23.5 Å². The zero-order valence-electron chi connectivity index (χ0n) is 27.8. The number of hydrogen-bond donors (Lipinski definition) is 0. The largest absolute Gasteiger partial charge is 0.463 e. The van der Waals surface area contributed by atoms with Gasteiger partial charge < -0.3 is 19.0 Å². The maximum Gasteiger partial charge on any atom is 0.310 e. The van der Waals surface area contributed by atoms with Crippen molar-refractivity contribution < 1.29 is 18.7 Å². The summed E-state index contributed by atoms with van der Waals surface area (Å²) in [7, 11) is 0. The number of anilines is 2. The molecule has 0 aliphatic carbocycles. The third-order valence-corrected chi connectivity index (χ3v) is 9.68. The molecule has 0 atom stereocenters. The van der Waals surface area contributed by atoms with Gasteiger partial charge in [0.1, 0.15) is 23.1 Å². The van der Waals surface area contributed by atoms with E-state index in [4.69, 9.17) is 14.1 Å². The van der Waals surface area contributed by atoms with E-state index < -0.39 is 0 Å². The normalized spacial score (nSPS) is 16.1. The fourth-order valence-electron chi connectivity index (χ4n) is 7.09. The molecule has 3 aromatic heterocycles. The lowest BCUT2D eigenvalue weighted by molar-refractivity contribution is -0.146. The summed E-state index contributed by atoms with van der Waals surface area (Å²) in [6.07, 6.45) is 5.18. The molecule has 0 unspecified atom stereocenters. The summed E-state index contributed by atoms with van der Waals surface area (Å²) in [6, 6.07) is 14.4. The Kier molecular flexibility index (Phi) is 7.94. The summed E-state index contributed by atoms with van der Waals surface area (Å²) in [5.74, 6) is 0.502. The van der Waals surface area contributed by atoms with Crippen LogP contribution in [0.15, 0.2) is 53.2 Å². The van der Waals surface area contributed by atoms with Gasteiger partial charge in [-0.15, -0.1) is 0 Å². The van der Waals surface area contributed by atoms with Crippen LogP contribution in [0.2, 0.25) is 0 Å². The number of carbonyl (C=O) groups is 2. The number of fused-ring (bicyclic) bond motifs is 4. The third-order valence-electron chi connectivity index (χ3n) is 9.68. The zero-order chi connectivity index (χ0) is 32.9. The average Bonchev–Trinajstić information content (AvgIpc) is 3.44.